The van der Waals surface area contributed by atoms with Crippen molar-refractivity contribution in [2.24, 2.45) is 11.1 Å². The number of hydrogen-bond donors (Lipinski definition) is 0. The first-order valence-electron chi connectivity index (χ1n) is 5.31. The van der Waals surface area contributed by atoms with E-state index < -0.39 is 0 Å². The van der Waals surface area contributed by atoms with E-state index in [2.05, 4.69) is 17.0 Å². The van der Waals surface area contributed by atoms with Crippen LogP contribution >= 0.6 is 0 Å². The number of hydrogen-bond acceptors (Lipinski definition) is 3. The van der Waals surface area contributed by atoms with Crippen molar-refractivity contribution in [3.63, 3.8) is 0 Å². The quantitative estimate of drug-likeness (QED) is 0.488. The van der Waals surface area contributed by atoms with E-state index >= 15 is 0 Å². The van der Waals surface area contributed by atoms with Crippen molar-refractivity contribution in [1.82, 2.24) is 4.90 Å². The van der Waals surface area contributed by atoms with Crippen LogP contribution in [0.1, 0.15) is 26.2 Å². The zero-order chi connectivity index (χ0) is 9.10. The van der Waals surface area contributed by atoms with Gasteiger partial charge in [-0.15, -0.1) is 0 Å². The van der Waals surface area contributed by atoms with Crippen molar-refractivity contribution in [3.8, 4) is 0 Å². The summed E-state index contributed by atoms with van der Waals surface area (Å²) >= 11 is 0. The van der Waals surface area contributed by atoms with Crippen LogP contribution in [0.5, 0.6) is 0 Å². The number of fused-ring (bicyclic) bond motifs is 3. The molecule has 0 radical (unpaired) electrons. The molecule has 0 atom stereocenters. The molecule has 2 bridgehead atoms. The molecule has 0 aromatic carbocycles. The SMILES string of the molecule is CCCON=C1CN2CCC1CC2. The van der Waals surface area contributed by atoms with Gasteiger partial charge < -0.3 is 4.84 Å². The summed E-state index contributed by atoms with van der Waals surface area (Å²) in [4.78, 5) is 7.70. The van der Waals surface area contributed by atoms with Gasteiger partial charge in [-0.2, -0.15) is 0 Å². The van der Waals surface area contributed by atoms with Crippen LogP contribution in [0.2, 0.25) is 0 Å². The highest BCUT2D eigenvalue weighted by Gasteiger charge is 2.31. The largest absolute Gasteiger partial charge is 0.396 e. The van der Waals surface area contributed by atoms with Gasteiger partial charge in [0.15, 0.2) is 0 Å². The molecule has 0 aromatic heterocycles. The Morgan fingerprint density at radius 1 is 1.46 bits per heavy atom. The standard InChI is InChI=1S/C10H18N2O/c1-2-7-13-11-10-8-12-5-3-9(10)4-6-12/h9H,2-8H2,1H3. The highest BCUT2D eigenvalue weighted by atomic mass is 16.6. The smallest absolute Gasteiger partial charge is 0.116 e. The van der Waals surface area contributed by atoms with Crippen LogP contribution in [0, 0.1) is 5.92 Å². The first kappa shape index (κ1) is 9.00. The normalized spacial score (nSPS) is 35.3. The van der Waals surface area contributed by atoms with E-state index in [-0.39, 0.29) is 0 Å². The molecule has 0 aliphatic carbocycles. The molecular weight excluding hydrogens is 164 g/mol. The summed E-state index contributed by atoms with van der Waals surface area (Å²) in [5.74, 6) is 0.724. The third kappa shape index (κ3) is 2.02. The van der Waals surface area contributed by atoms with Gasteiger partial charge in [-0.25, -0.2) is 0 Å². The second-order valence-corrected chi connectivity index (χ2v) is 3.97. The average Bonchev–Trinajstić information content (AvgIpc) is 2.20. The van der Waals surface area contributed by atoms with E-state index in [0.717, 1.165) is 25.5 Å². The molecule has 0 aromatic rings. The van der Waals surface area contributed by atoms with Gasteiger partial charge in [0.05, 0.1) is 5.71 Å². The first-order valence-corrected chi connectivity index (χ1v) is 5.31. The van der Waals surface area contributed by atoms with Gasteiger partial charge in [0, 0.05) is 12.5 Å². The number of piperidine rings is 3. The molecule has 3 fully saturated rings. The lowest BCUT2D eigenvalue weighted by Gasteiger charge is -2.39. The first-order chi connectivity index (χ1) is 6.40. The predicted molar refractivity (Wildman–Crippen MR) is 52.8 cm³/mol. The van der Waals surface area contributed by atoms with Crippen molar-refractivity contribution < 1.29 is 4.84 Å². The van der Waals surface area contributed by atoms with Crippen molar-refractivity contribution in [2.75, 3.05) is 26.2 Å². The van der Waals surface area contributed by atoms with Crippen LogP contribution in [0.15, 0.2) is 5.16 Å². The fourth-order valence-corrected chi connectivity index (χ4v) is 2.11. The fraction of sp³-hybridized carbons (Fsp3) is 0.900. The summed E-state index contributed by atoms with van der Waals surface area (Å²) in [6, 6.07) is 0. The molecule has 0 amide bonds. The van der Waals surface area contributed by atoms with Gasteiger partial charge in [-0.3, -0.25) is 4.90 Å². The second-order valence-electron chi connectivity index (χ2n) is 3.97. The summed E-state index contributed by atoms with van der Waals surface area (Å²) in [5.41, 5.74) is 1.28. The Balaban J connectivity index is 1.89. The van der Waals surface area contributed by atoms with Gasteiger partial charge in [0.25, 0.3) is 0 Å². The van der Waals surface area contributed by atoms with Crippen molar-refractivity contribution in [2.45, 2.75) is 26.2 Å². The van der Waals surface area contributed by atoms with Crippen LogP contribution in [0.3, 0.4) is 0 Å². The number of rotatable bonds is 3. The summed E-state index contributed by atoms with van der Waals surface area (Å²) in [6.07, 6.45) is 3.62. The van der Waals surface area contributed by atoms with Crippen LogP contribution < -0.4 is 0 Å². The molecule has 3 heteroatoms. The van der Waals surface area contributed by atoms with Gasteiger partial charge in [0.1, 0.15) is 6.61 Å². The number of oxime groups is 1. The lowest BCUT2D eigenvalue weighted by molar-refractivity contribution is 0.130. The number of nitrogens with zero attached hydrogens (tertiary/aromatic N) is 2. The second kappa shape index (κ2) is 4.09. The summed E-state index contributed by atoms with van der Waals surface area (Å²) in [6.45, 7) is 6.44. The van der Waals surface area contributed by atoms with E-state index in [0.29, 0.717) is 0 Å². The zero-order valence-electron chi connectivity index (χ0n) is 8.33. The highest BCUT2D eigenvalue weighted by Crippen LogP contribution is 2.25. The van der Waals surface area contributed by atoms with Crippen LogP contribution in [0.4, 0.5) is 0 Å². The third-order valence-corrected chi connectivity index (χ3v) is 2.92. The molecule has 0 spiro atoms. The minimum absolute atomic E-state index is 0.724. The van der Waals surface area contributed by atoms with E-state index in [1.165, 1.54) is 31.6 Å². The lowest BCUT2D eigenvalue weighted by Crippen LogP contribution is -2.47. The zero-order valence-corrected chi connectivity index (χ0v) is 8.33. The Kier molecular flexibility index (Phi) is 2.83. The fourth-order valence-electron chi connectivity index (χ4n) is 2.11. The molecule has 3 heterocycles. The van der Waals surface area contributed by atoms with Crippen molar-refractivity contribution in [3.05, 3.63) is 0 Å². The Bertz CT molecular complexity index is 195. The van der Waals surface area contributed by atoms with E-state index in [1.807, 2.05) is 0 Å². The molecule has 3 rings (SSSR count). The van der Waals surface area contributed by atoms with Gasteiger partial charge in [0.2, 0.25) is 0 Å². The van der Waals surface area contributed by atoms with Crippen molar-refractivity contribution >= 4 is 5.71 Å². The van der Waals surface area contributed by atoms with Crippen LogP contribution in [-0.4, -0.2) is 36.9 Å². The van der Waals surface area contributed by atoms with Gasteiger partial charge in [-0.05, 0) is 32.4 Å². The summed E-state index contributed by atoms with van der Waals surface area (Å²) in [7, 11) is 0. The van der Waals surface area contributed by atoms with Crippen LogP contribution in [-0.2, 0) is 4.84 Å². The predicted octanol–water partition coefficient (Wildman–Crippen LogP) is 1.49. The molecule has 74 valence electrons. The van der Waals surface area contributed by atoms with E-state index in [9.17, 15) is 0 Å². The Labute approximate surface area is 79.7 Å². The molecule has 0 N–H and O–H groups in total. The van der Waals surface area contributed by atoms with Crippen molar-refractivity contribution in [1.29, 1.82) is 0 Å². The van der Waals surface area contributed by atoms with Gasteiger partial charge in [-0.1, -0.05) is 12.1 Å². The average molecular weight is 182 g/mol. The maximum atomic E-state index is 5.24. The maximum absolute atomic E-state index is 5.24. The molecule has 0 saturated carbocycles. The maximum Gasteiger partial charge on any atom is 0.116 e. The molecule has 3 saturated heterocycles. The lowest BCUT2D eigenvalue weighted by atomic mass is 9.87. The van der Waals surface area contributed by atoms with Gasteiger partial charge >= 0.3 is 0 Å². The topological polar surface area (TPSA) is 24.8 Å². The molecule has 3 aliphatic rings. The molecule has 13 heavy (non-hydrogen) atoms. The van der Waals surface area contributed by atoms with Crippen LogP contribution in [0.25, 0.3) is 0 Å². The monoisotopic (exact) mass is 182 g/mol. The highest BCUT2D eigenvalue weighted by molar-refractivity contribution is 5.89. The van der Waals surface area contributed by atoms with E-state index in [4.69, 9.17) is 4.84 Å². The summed E-state index contributed by atoms with van der Waals surface area (Å²) in [5, 5.41) is 4.23. The Hall–Kier alpha value is -0.570. The third-order valence-electron chi connectivity index (χ3n) is 2.92. The minimum atomic E-state index is 0.724. The Morgan fingerprint density at radius 2 is 2.23 bits per heavy atom. The molecule has 0 unspecified atom stereocenters. The summed E-state index contributed by atoms with van der Waals surface area (Å²) < 4.78 is 0. The van der Waals surface area contributed by atoms with E-state index in [1.54, 1.807) is 0 Å². The molecular formula is C10H18N2O. The molecule has 3 nitrogen and oxygen atoms in total. The Morgan fingerprint density at radius 3 is 2.77 bits per heavy atom. The minimum Gasteiger partial charge on any atom is -0.396 e. The molecule has 3 aliphatic heterocycles.